The van der Waals surface area contributed by atoms with Gasteiger partial charge in [-0.2, -0.15) is 0 Å². The molecule has 12 heteroatoms. The van der Waals surface area contributed by atoms with Crippen molar-refractivity contribution < 1.29 is 18.9 Å². The van der Waals surface area contributed by atoms with Crippen LogP contribution in [0.1, 0.15) is 79.0 Å². The van der Waals surface area contributed by atoms with Crippen molar-refractivity contribution in [2.24, 2.45) is 0 Å². The normalized spacial score (nSPS) is 12.7. The van der Waals surface area contributed by atoms with Gasteiger partial charge in [-0.3, -0.25) is 0 Å². The maximum atomic E-state index is 6.45. The quantitative estimate of drug-likeness (QED) is 0.120. The number of benzene rings is 5. The lowest BCUT2D eigenvalue weighted by Crippen LogP contribution is -2.12. The molecule has 8 aromatic rings. The van der Waals surface area contributed by atoms with Crippen molar-refractivity contribution in [3.05, 3.63) is 114 Å². The van der Waals surface area contributed by atoms with E-state index in [9.17, 15) is 0 Å². The molecule has 5 heterocycles. The highest BCUT2D eigenvalue weighted by Gasteiger charge is 2.27. The van der Waals surface area contributed by atoms with Crippen molar-refractivity contribution in [1.29, 1.82) is 0 Å². The Hall–Kier alpha value is -6.86. The van der Waals surface area contributed by atoms with Crippen LogP contribution in [0.2, 0.25) is 0 Å². The van der Waals surface area contributed by atoms with E-state index < -0.39 is 0 Å². The number of rotatable bonds is 11. The molecule has 8 bridgehead atoms. The zero-order valence-electron chi connectivity index (χ0n) is 41.3. The molecular formula is C57H60N8O4. The summed E-state index contributed by atoms with van der Waals surface area (Å²) in [5.41, 5.74) is 11.2. The smallest absolute Gasteiger partial charge is 0.164 e. The highest BCUT2D eigenvalue weighted by Crippen LogP contribution is 2.43. The monoisotopic (exact) mass is 920 g/mol. The van der Waals surface area contributed by atoms with E-state index in [1.807, 2.05) is 18.2 Å². The molecule has 0 saturated heterocycles. The second-order valence-electron chi connectivity index (χ2n) is 20.9. The Morgan fingerprint density at radius 2 is 0.870 bits per heavy atom. The van der Waals surface area contributed by atoms with Crippen molar-refractivity contribution >= 4 is 44.1 Å². The average molecular weight is 921 g/mol. The van der Waals surface area contributed by atoms with E-state index in [1.54, 1.807) is 7.11 Å². The molecule has 5 aromatic carbocycles. The number of para-hydroxylation sites is 1. The summed E-state index contributed by atoms with van der Waals surface area (Å²) in [7, 11) is 1.66. The van der Waals surface area contributed by atoms with Gasteiger partial charge in [0.15, 0.2) is 23.3 Å². The molecular weight excluding hydrogens is 861 g/mol. The number of H-pyrrole nitrogens is 2. The van der Waals surface area contributed by atoms with Gasteiger partial charge in [-0.05, 0) is 62.8 Å². The molecule has 3 aromatic heterocycles. The molecule has 2 N–H and O–H groups in total. The zero-order valence-corrected chi connectivity index (χ0v) is 41.3. The van der Waals surface area contributed by atoms with Gasteiger partial charge in [0.25, 0.3) is 0 Å². The highest BCUT2D eigenvalue weighted by atomic mass is 16.6. The summed E-state index contributed by atoms with van der Waals surface area (Å²) >= 11 is 0. The molecule has 2 aliphatic heterocycles. The van der Waals surface area contributed by atoms with Crippen molar-refractivity contribution in [2.75, 3.05) is 46.8 Å². The third-order valence-electron chi connectivity index (χ3n) is 12.9. The number of hydrogen-bond acceptors (Lipinski definition) is 10. The van der Waals surface area contributed by atoms with Crippen LogP contribution in [0, 0.1) is 0 Å². The molecule has 352 valence electrons. The van der Waals surface area contributed by atoms with Gasteiger partial charge in [-0.1, -0.05) is 135 Å². The molecule has 0 aliphatic carbocycles. The maximum Gasteiger partial charge on any atom is 0.164 e. The van der Waals surface area contributed by atoms with Gasteiger partial charge in [0.1, 0.15) is 34.9 Å². The first-order chi connectivity index (χ1) is 33.0. The molecule has 2 aliphatic rings. The summed E-state index contributed by atoms with van der Waals surface area (Å²) < 4.78 is 22.9. The Labute approximate surface area is 403 Å². The minimum absolute atomic E-state index is 0.0965. The summed E-state index contributed by atoms with van der Waals surface area (Å²) in [6.45, 7) is 22.8. The fraction of sp³-hybridized carbons (Fsp3) is 0.333. The van der Waals surface area contributed by atoms with Gasteiger partial charge < -0.3 is 28.9 Å². The molecule has 69 heavy (non-hydrogen) atoms. The summed E-state index contributed by atoms with van der Waals surface area (Å²) in [6.07, 6.45) is 0. The average Bonchev–Trinajstić information content (AvgIpc) is 4.05. The Bertz CT molecular complexity index is 3420. The topological polar surface area (TPSA) is 146 Å². The van der Waals surface area contributed by atoms with E-state index in [4.69, 9.17) is 48.9 Å². The molecule has 0 radical (unpaired) electrons. The van der Waals surface area contributed by atoms with Crippen molar-refractivity contribution in [3.8, 4) is 62.4 Å². The van der Waals surface area contributed by atoms with E-state index in [0.717, 1.165) is 60.7 Å². The Morgan fingerprint density at radius 1 is 0.391 bits per heavy atom. The maximum absolute atomic E-state index is 6.45. The minimum Gasteiger partial charge on any atom is -0.491 e. The third kappa shape index (κ3) is 9.00. The predicted molar refractivity (Wildman–Crippen MR) is 277 cm³/mol. The van der Waals surface area contributed by atoms with Gasteiger partial charge in [0, 0.05) is 56.5 Å². The van der Waals surface area contributed by atoms with Crippen LogP contribution in [-0.4, -0.2) is 86.6 Å². The standard InChI is InChI=1S/C57H60N8O4/c1-55(2,3)33-18-21-38-42(30-33)51-58-47(38)60-52-44-32-35(57(7,8)9)20-23-40(44)49(62-52)64-54-46-37(36-14-11-12-17-45(36)69-29-28-68-27-26-67-25-24-66-10)15-13-16-41(46)50(65-54)63-53-43-31-34(56(4,5)6)19-22-39(43)48(59-51)61-53/h11-23,30-32H,24-29H2,1-10H3,(H2,58,59,60,61,62,63,64,65). The Kier molecular flexibility index (Phi) is 11.9. The second kappa shape index (κ2) is 17.9. The molecule has 0 unspecified atom stereocenters. The van der Waals surface area contributed by atoms with Gasteiger partial charge in [0.05, 0.1) is 33.0 Å². The molecule has 0 amide bonds. The van der Waals surface area contributed by atoms with Crippen molar-refractivity contribution in [2.45, 2.75) is 78.6 Å². The van der Waals surface area contributed by atoms with Crippen LogP contribution >= 0.6 is 0 Å². The lowest BCUT2D eigenvalue weighted by molar-refractivity contribution is 0.0180. The molecule has 12 nitrogen and oxygen atoms in total. The largest absolute Gasteiger partial charge is 0.491 e. The first-order valence-electron chi connectivity index (χ1n) is 23.8. The number of aromatic nitrogens is 8. The molecule has 0 spiro atoms. The van der Waals surface area contributed by atoms with Crippen molar-refractivity contribution in [1.82, 2.24) is 39.9 Å². The highest BCUT2D eigenvalue weighted by molar-refractivity contribution is 6.13. The number of nitrogens with zero attached hydrogens (tertiary/aromatic N) is 6. The van der Waals surface area contributed by atoms with Gasteiger partial charge >= 0.3 is 0 Å². The van der Waals surface area contributed by atoms with Crippen LogP contribution in [-0.2, 0) is 30.5 Å². The van der Waals surface area contributed by atoms with Gasteiger partial charge in [-0.15, -0.1) is 0 Å². The second-order valence-corrected chi connectivity index (χ2v) is 20.9. The summed E-state index contributed by atoms with van der Waals surface area (Å²) in [5, 5.41) is 3.63. The van der Waals surface area contributed by atoms with E-state index in [2.05, 4.69) is 151 Å². The molecule has 0 atom stereocenters. The first kappa shape index (κ1) is 45.9. The Balaban J connectivity index is 1.24. The first-order valence-corrected chi connectivity index (χ1v) is 23.8. The fourth-order valence-corrected chi connectivity index (χ4v) is 8.96. The van der Waals surface area contributed by atoms with E-state index >= 15 is 0 Å². The van der Waals surface area contributed by atoms with E-state index in [-0.39, 0.29) is 16.2 Å². The predicted octanol–water partition coefficient (Wildman–Crippen LogP) is 12.5. The number of ether oxygens (including phenoxy) is 4. The summed E-state index contributed by atoms with van der Waals surface area (Å²) in [4.78, 5) is 39.5. The lowest BCUT2D eigenvalue weighted by atomic mass is 9.85. The summed E-state index contributed by atoms with van der Waals surface area (Å²) in [6, 6.07) is 33.9. The van der Waals surface area contributed by atoms with Crippen LogP contribution in [0.25, 0.3) is 101 Å². The number of methoxy groups -OCH3 is 1. The van der Waals surface area contributed by atoms with Crippen LogP contribution < -0.4 is 4.74 Å². The zero-order chi connectivity index (χ0) is 48.2. The van der Waals surface area contributed by atoms with E-state index in [0.29, 0.717) is 85.5 Å². The van der Waals surface area contributed by atoms with Gasteiger partial charge in [-0.25, -0.2) is 29.9 Å². The third-order valence-corrected chi connectivity index (χ3v) is 12.9. The SMILES string of the molecule is COCCOCCOCCOc1ccccc1-c1cccc2c3nc4nc(nc5[nH]c(nc6nc(nc([nH]3)c12)-c1ccc(C(C)(C)C)cc1-6)c1ccc(C(C)(C)C)cc51)-c1ccc(C(C)(C)C)cc1-4. The van der Waals surface area contributed by atoms with Crippen LogP contribution in [0.15, 0.2) is 97.1 Å². The summed E-state index contributed by atoms with van der Waals surface area (Å²) in [5.74, 6) is 2.95. The molecule has 0 fully saturated rings. The minimum atomic E-state index is -0.119. The number of hydrogen-bond donors (Lipinski definition) is 2. The van der Waals surface area contributed by atoms with Crippen LogP contribution in [0.4, 0.5) is 0 Å². The fourth-order valence-electron chi connectivity index (χ4n) is 8.96. The number of aromatic amines is 2. The lowest BCUT2D eigenvalue weighted by Gasteiger charge is -2.19. The Morgan fingerprint density at radius 3 is 1.48 bits per heavy atom. The molecule has 0 saturated carbocycles. The van der Waals surface area contributed by atoms with Gasteiger partial charge in [0.2, 0.25) is 0 Å². The van der Waals surface area contributed by atoms with E-state index in [1.165, 1.54) is 16.7 Å². The molecule has 10 rings (SSSR count). The number of nitrogens with one attached hydrogen (secondary N) is 2. The van der Waals surface area contributed by atoms with Crippen LogP contribution in [0.3, 0.4) is 0 Å². The van der Waals surface area contributed by atoms with Crippen LogP contribution in [0.5, 0.6) is 5.75 Å². The number of fused-ring (bicyclic) bond motifs is 20. The van der Waals surface area contributed by atoms with Crippen molar-refractivity contribution in [3.63, 3.8) is 0 Å².